The third kappa shape index (κ3) is 6.66. The minimum Gasteiger partial charge on any atom is -0.494 e. The van der Waals surface area contributed by atoms with Crippen molar-refractivity contribution in [3.63, 3.8) is 0 Å². The molecular formula is C24H19N3O7S. The van der Waals surface area contributed by atoms with E-state index in [1.54, 1.807) is 24.3 Å². The van der Waals surface area contributed by atoms with Gasteiger partial charge in [-0.15, -0.1) is 0 Å². The second-order valence-electron chi connectivity index (χ2n) is 6.95. The van der Waals surface area contributed by atoms with Crippen LogP contribution in [0.15, 0.2) is 83.3 Å². The number of ether oxygens (including phenoxy) is 1. The van der Waals surface area contributed by atoms with Gasteiger partial charge in [-0.25, -0.2) is 0 Å². The van der Waals surface area contributed by atoms with Crippen LogP contribution < -0.4 is 14.2 Å². The highest BCUT2D eigenvalue weighted by atomic mass is 32.2. The average molecular weight is 493 g/mol. The Bertz CT molecular complexity index is 1430. The summed E-state index contributed by atoms with van der Waals surface area (Å²) in [4.78, 5) is 22.3. The van der Waals surface area contributed by atoms with Crippen molar-refractivity contribution in [2.75, 3.05) is 11.9 Å². The molecule has 1 N–H and O–H groups in total. The third-order valence-electron chi connectivity index (χ3n) is 4.48. The van der Waals surface area contributed by atoms with Crippen LogP contribution in [-0.2, 0) is 14.9 Å². The van der Waals surface area contributed by atoms with Gasteiger partial charge >= 0.3 is 10.1 Å². The molecule has 0 atom stereocenters. The van der Waals surface area contributed by atoms with Crippen LogP contribution >= 0.6 is 0 Å². The summed E-state index contributed by atoms with van der Waals surface area (Å²) in [5, 5.41) is 22.9. The zero-order chi connectivity index (χ0) is 25.4. The van der Waals surface area contributed by atoms with Gasteiger partial charge in [0, 0.05) is 23.9 Å². The van der Waals surface area contributed by atoms with E-state index in [0.29, 0.717) is 23.6 Å². The van der Waals surface area contributed by atoms with Crippen LogP contribution in [-0.4, -0.2) is 25.9 Å². The van der Waals surface area contributed by atoms with Crippen molar-refractivity contribution in [2.24, 2.45) is 0 Å². The van der Waals surface area contributed by atoms with Crippen molar-refractivity contribution in [1.29, 1.82) is 5.26 Å². The number of nitro benzene ring substituents is 1. The zero-order valence-electron chi connectivity index (χ0n) is 18.4. The van der Waals surface area contributed by atoms with E-state index in [-0.39, 0.29) is 21.9 Å². The molecule has 0 aliphatic rings. The van der Waals surface area contributed by atoms with Gasteiger partial charge in [-0.3, -0.25) is 14.9 Å². The number of carbonyl (C=O) groups is 1. The van der Waals surface area contributed by atoms with Crippen molar-refractivity contribution >= 4 is 33.5 Å². The van der Waals surface area contributed by atoms with E-state index in [1.165, 1.54) is 48.5 Å². The number of amides is 1. The highest BCUT2D eigenvalue weighted by Crippen LogP contribution is 2.23. The van der Waals surface area contributed by atoms with Gasteiger partial charge in [0.2, 0.25) is 0 Å². The molecule has 0 bridgehead atoms. The first kappa shape index (κ1) is 24.9. The molecule has 0 aromatic heterocycles. The van der Waals surface area contributed by atoms with Crippen LogP contribution in [0, 0.1) is 21.4 Å². The lowest BCUT2D eigenvalue weighted by molar-refractivity contribution is -0.385. The first-order valence-corrected chi connectivity index (χ1v) is 11.6. The maximum absolute atomic E-state index is 12.5. The molecule has 0 fully saturated rings. The van der Waals surface area contributed by atoms with E-state index in [1.807, 2.05) is 13.0 Å². The maximum atomic E-state index is 12.5. The number of rotatable bonds is 9. The van der Waals surface area contributed by atoms with Gasteiger partial charge in [0.05, 0.1) is 11.5 Å². The topological polar surface area (TPSA) is 149 Å². The van der Waals surface area contributed by atoms with Crippen molar-refractivity contribution in [3.8, 4) is 17.6 Å². The van der Waals surface area contributed by atoms with Crippen LogP contribution in [0.3, 0.4) is 0 Å². The predicted octanol–water partition coefficient (Wildman–Crippen LogP) is 4.31. The number of nitriles is 1. The number of nitrogens with zero attached hydrogens (tertiary/aromatic N) is 2. The number of hydrogen-bond acceptors (Lipinski definition) is 8. The van der Waals surface area contributed by atoms with Crippen molar-refractivity contribution in [3.05, 3.63) is 94.0 Å². The molecule has 0 saturated carbocycles. The highest BCUT2D eigenvalue weighted by Gasteiger charge is 2.20. The molecular weight excluding hydrogens is 474 g/mol. The molecule has 178 valence electrons. The summed E-state index contributed by atoms with van der Waals surface area (Å²) in [6.45, 7) is 2.30. The van der Waals surface area contributed by atoms with Crippen molar-refractivity contribution in [1.82, 2.24) is 0 Å². The Hall–Kier alpha value is -4.69. The monoisotopic (exact) mass is 493 g/mol. The summed E-state index contributed by atoms with van der Waals surface area (Å²) in [5.41, 5.74) is 0.337. The van der Waals surface area contributed by atoms with Crippen LogP contribution in [0.4, 0.5) is 11.4 Å². The van der Waals surface area contributed by atoms with Gasteiger partial charge in [0.25, 0.3) is 11.6 Å². The summed E-state index contributed by atoms with van der Waals surface area (Å²) in [7, 11) is -4.31. The fraction of sp³-hybridized carbons (Fsp3) is 0.0833. The Morgan fingerprint density at radius 1 is 1.09 bits per heavy atom. The largest absolute Gasteiger partial charge is 0.494 e. The Labute approximate surface area is 201 Å². The first-order chi connectivity index (χ1) is 16.7. The summed E-state index contributed by atoms with van der Waals surface area (Å²) in [6.07, 6.45) is 1.33. The minimum atomic E-state index is -4.31. The lowest BCUT2D eigenvalue weighted by Gasteiger charge is -2.08. The van der Waals surface area contributed by atoms with Gasteiger partial charge in [0.15, 0.2) is 0 Å². The third-order valence-corrected chi connectivity index (χ3v) is 5.73. The highest BCUT2D eigenvalue weighted by molar-refractivity contribution is 7.87. The lowest BCUT2D eigenvalue weighted by Crippen LogP contribution is -2.13. The van der Waals surface area contributed by atoms with Gasteiger partial charge in [-0.2, -0.15) is 13.7 Å². The Balaban J connectivity index is 1.73. The number of anilines is 1. The zero-order valence-corrected chi connectivity index (χ0v) is 19.2. The molecule has 35 heavy (non-hydrogen) atoms. The van der Waals surface area contributed by atoms with Crippen LogP contribution in [0.2, 0.25) is 0 Å². The fourth-order valence-electron chi connectivity index (χ4n) is 2.89. The quantitative estimate of drug-likeness (QED) is 0.152. The van der Waals surface area contributed by atoms with E-state index >= 15 is 0 Å². The van der Waals surface area contributed by atoms with Gasteiger partial charge in [0.1, 0.15) is 28.0 Å². The number of non-ortho nitro benzene ring substituents is 1. The predicted molar refractivity (Wildman–Crippen MR) is 127 cm³/mol. The maximum Gasteiger partial charge on any atom is 0.339 e. The average Bonchev–Trinajstić information content (AvgIpc) is 2.84. The molecule has 3 aromatic rings. The SMILES string of the molecule is CCOc1cccc(NC(=O)/C(C#N)=C/c2ccc(OS(=O)(=O)c3cccc([N+](=O)[O-])c3)cc2)c1. The number of nitro groups is 1. The number of benzene rings is 3. The van der Waals surface area contributed by atoms with Crippen LogP contribution in [0.25, 0.3) is 6.08 Å². The van der Waals surface area contributed by atoms with Crippen LogP contribution in [0.1, 0.15) is 12.5 Å². The van der Waals surface area contributed by atoms with E-state index in [0.717, 1.165) is 6.07 Å². The molecule has 1 amide bonds. The lowest BCUT2D eigenvalue weighted by atomic mass is 10.1. The van der Waals surface area contributed by atoms with Crippen molar-refractivity contribution < 1.29 is 27.1 Å². The Morgan fingerprint density at radius 3 is 2.46 bits per heavy atom. The molecule has 0 spiro atoms. The Kier molecular flexibility index (Phi) is 7.81. The molecule has 0 aliphatic heterocycles. The summed E-state index contributed by atoms with van der Waals surface area (Å²) < 4.78 is 35.3. The number of carbonyl (C=O) groups excluding carboxylic acids is 1. The van der Waals surface area contributed by atoms with Crippen LogP contribution in [0.5, 0.6) is 11.5 Å². The molecule has 3 rings (SSSR count). The molecule has 0 saturated heterocycles. The summed E-state index contributed by atoms with van der Waals surface area (Å²) >= 11 is 0. The normalized spacial score (nSPS) is 11.3. The molecule has 0 aliphatic carbocycles. The standard InChI is InChI=1S/C24H19N3O7S/c1-2-33-22-7-3-5-19(14-22)26-24(28)18(16-25)13-17-9-11-21(12-10-17)34-35(31,32)23-8-4-6-20(15-23)27(29)30/h3-15H,2H2,1H3,(H,26,28)/b18-13+. The van der Waals surface area contributed by atoms with E-state index in [4.69, 9.17) is 8.92 Å². The molecule has 3 aromatic carbocycles. The minimum absolute atomic E-state index is 0.0515. The second-order valence-corrected chi connectivity index (χ2v) is 8.49. The van der Waals surface area contributed by atoms with Gasteiger partial charge in [-0.1, -0.05) is 24.3 Å². The van der Waals surface area contributed by atoms with E-state index in [9.17, 15) is 28.6 Å². The molecule has 0 unspecified atom stereocenters. The molecule has 10 nitrogen and oxygen atoms in total. The van der Waals surface area contributed by atoms with E-state index < -0.39 is 20.9 Å². The van der Waals surface area contributed by atoms with Gasteiger partial charge < -0.3 is 14.2 Å². The number of nitrogens with one attached hydrogen (secondary N) is 1. The van der Waals surface area contributed by atoms with Gasteiger partial charge in [-0.05, 0) is 48.9 Å². The number of hydrogen-bond donors (Lipinski definition) is 1. The summed E-state index contributed by atoms with van der Waals surface area (Å²) in [6, 6.07) is 18.6. The molecule has 0 radical (unpaired) electrons. The van der Waals surface area contributed by atoms with Crippen molar-refractivity contribution in [2.45, 2.75) is 11.8 Å². The molecule has 11 heteroatoms. The fourth-order valence-corrected chi connectivity index (χ4v) is 3.86. The van der Waals surface area contributed by atoms with E-state index in [2.05, 4.69) is 5.32 Å². The summed E-state index contributed by atoms with van der Waals surface area (Å²) in [5.74, 6) is -0.109. The second kappa shape index (κ2) is 11.0. The Morgan fingerprint density at radius 2 is 1.80 bits per heavy atom. The smallest absolute Gasteiger partial charge is 0.339 e. The molecule has 0 heterocycles. The first-order valence-electron chi connectivity index (χ1n) is 10.2.